The van der Waals surface area contributed by atoms with Crippen LogP contribution >= 0.6 is 0 Å². The lowest BCUT2D eigenvalue weighted by atomic mass is 10.0. The molecule has 1 aromatic carbocycles. The molecule has 4 heteroatoms. The number of halogens is 2. The summed E-state index contributed by atoms with van der Waals surface area (Å²) in [5.74, 6) is -1.55. The van der Waals surface area contributed by atoms with Crippen molar-refractivity contribution in [3.05, 3.63) is 35.4 Å². The number of benzene rings is 1. The third-order valence-electron chi connectivity index (χ3n) is 3.86. The van der Waals surface area contributed by atoms with Crippen LogP contribution in [0.1, 0.15) is 37.8 Å². The summed E-state index contributed by atoms with van der Waals surface area (Å²) in [7, 11) is 0. The summed E-state index contributed by atoms with van der Waals surface area (Å²) in [5, 5.41) is 0. The molecule has 0 saturated carbocycles. The number of rotatable bonds is 4. The molecule has 2 unspecified atom stereocenters. The molecule has 1 heterocycles. The highest BCUT2D eigenvalue weighted by atomic mass is 19.2. The van der Waals surface area contributed by atoms with Gasteiger partial charge in [-0.15, -0.1) is 0 Å². The van der Waals surface area contributed by atoms with Gasteiger partial charge in [-0.1, -0.05) is 19.1 Å². The molecule has 2 atom stereocenters. The highest BCUT2D eigenvalue weighted by molar-refractivity contribution is 5.23. The van der Waals surface area contributed by atoms with E-state index in [4.69, 9.17) is 5.73 Å². The van der Waals surface area contributed by atoms with E-state index in [0.717, 1.165) is 31.9 Å². The second-order valence-electron chi connectivity index (χ2n) is 4.84. The van der Waals surface area contributed by atoms with Crippen molar-refractivity contribution in [3.8, 4) is 0 Å². The molecule has 1 aliphatic heterocycles. The third-order valence-corrected chi connectivity index (χ3v) is 3.86. The minimum atomic E-state index is -0.793. The smallest absolute Gasteiger partial charge is 0.163 e. The maximum atomic E-state index is 13.9. The van der Waals surface area contributed by atoms with E-state index in [1.165, 1.54) is 0 Å². The highest BCUT2D eigenvalue weighted by Crippen LogP contribution is 2.31. The first kappa shape index (κ1) is 13.4. The average Bonchev–Trinajstić information content (AvgIpc) is 2.83. The molecule has 1 aromatic rings. The molecule has 2 N–H and O–H groups in total. The third kappa shape index (κ3) is 2.40. The molecule has 0 radical (unpaired) electrons. The van der Waals surface area contributed by atoms with E-state index < -0.39 is 11.6 Å². The number of nitrogens with two attached hydrogens (primary N) is 1. The molecule has 1 fully saturated rings. The highest BCUT2D eigenvalue weighted by Gasteiger charge is 2.31. The Kier molecular flexibility index (Phi) is 4.30. The molecule has 18 heavy (non-hydrogen) atoms. The summed E-state index contributed by atoms with van der Waals surface area (Å²) >= 11 is 0. The van der Waals surface area contributed by atoms with Gasteiger partial charge in [-0.2, -0.15) is 0 Å². The Morgan fingerprint density at radius 1 is 1.44 bits per heavy atom. The summed E-state index contributed by atoms with van der Waals surface area (Å²) in [4.78, 5) is 2.22. The molecule has 1 aliphatic rings. The van der Waals surface area contributed by atoms with Crippen LogP contribution in [0, 0.1) is 11.6 Å². The second-order valence-corrected chi connectivity index (χ2v) is 4.84. The van der Waals surface area contributed by atoms with Gasteiger partial charge in [0.25, 0.3) is 0 Å². The number of hydrogen-bond acceptors (Lipinski definition) is 2. The maximum absolute atomic E-state index is 13.9. The first-order valence-corrected chi connectivity index (χ1v) is 6.58. The van der Waals surface area contributed by atoms with Gasteiger partial charge in [0.15, 0.2) is 11.6 Å². The monoisotopic (exact) mass is 254 g/mol. The van der Waals surface area contributed by atoms with Crippen LogP contribution in [-0.4, -0.2) is 24.0 Å². The minimum Gasteiger partial charge on any atom is -0.329 e. The summed E-state index contributed by atoms with van der Waals surface area (Å²) in [6.07, 6.45) is 3.24. The van der Waals surface area contributed by atoms with Crippen LogP contribution in [0.5, 0.6) is 0 Å². The van der Waals surface area contributed by atoms with Gasteiger partial charge in [0, 0.05) is 18.2 Å². The van der Waals surface area contributed by atoms with Crippen LogP contribution in [0.4, 0.5) is 8.78 Å². The van der Waals surface area contributed by atoms with E-state index >= 15 is 0 Å². The second kappa shape index (κ2) is 5.76. The summed E-state index contributed by atoms with van der Waals surface area (Å²) < 4.78 is 27.2. The van der Waals surface area contributed by atoms with Crippen molar-refractivity contribution in [2.24, 2.45) is 5.73 Å². The van der Waals surface area contributed by atoms with Crippen LogP contribution in [0.3, 0.4) is 0 Å². The minimum absolute atomic E-state index is 0.215. The summed E-state index contributed by atoms with van der Waals surface area (Å²) in [6, 6.07) is 4.55. The Labute approximate surface area is 107 Å². The molecule has 1 saturated heterocycles. The van der Waals surface area contributed by atoms with Crippen molar-refractivity contribution in [3.63, 3.8) is 0 Å². The van der Waals surface area contributed by atoms with Crippen molar-refractivity contribution in [1.29, 1.82) is 0 Å². The molecule has 0 amide bonds. The van der Waals surface area contributed by atoms with Gasteiger partial charge in [0.05, 0.1) is 6.04 Å². The van der Waals surface area contributed by atoms with Crippen molar-refractivity contribution < 1.29 is 8.78 Å². The average molecular weight is 254 g/mol. The number of likely N-dealkylation sites (tertiary alicyclic amines) is 1. The van der Waals surface area contributed by atoms with E-state index in [2.05, 4.69) is 11.8 Å². The normalized spacial score (nSPS) is 22.3. The van der Waals surface area contributed by atoms with Crippen molar-refractivity contribution in [2.75, 3.05) is 13.1 Å². The Morgan fingerprint density at radius 3 is 2.89 bits per heavy atom. The van der Waals surface area contributed by atoms with Crippen LogP contribution in [0.2, 0.25) is 0 Å². The number of nitrogens with zero attached hydrogens (tertiary/aromatic N) is 1. The predicted octanol–water partition coefficient (Wildman–Crippen LogP) is 2.84. The van der Waals surface area contributed by atoms with Crippen molar-refractivity contribution in [2.45, 2.75) is 38.3 Å². The quantitative estimate of drug-likeness (QED) is 0.895. The van der Waals surface area contributed by atoms with Gasteiger partial charge < -0.3 is 5.73 Å². The largest absolute Gasteiger partial charge is 0.329 e. The van der Waals surface area contributed by atoms with E-state index in [-0.39, 0.29) is 6.04 Å². The molecular formula is C14H20F2N2. The Morgan fingerprint density at radius 2 is 2.22 bits per heavy atom. The molecule has 0 aliphatic carbocycles. The van der Waals surface area contributed by atoms with Gasteiger partial charge in [-0.05, 0) is 31.9 Å². The van der Waals surface area contributed by atoms with Gasteiger partial charge in [-0.3, -0.25) is 4.90 Å². The predicted molar refractivity (Wildman–Crippen MR) is 68.2 cm³/mol. The van der Waals surface area contributed by atoms with Crippen molar-refractivity contribution in [1.82, 2.24) is 4.90 Å². The fraction of sp³-hybridized carbons (Fsp3) is 0.571. The Hall–Kier alpha value is -1.00. The van der Waals surface area contributed by atoms with E-state index in [1.807, 2.05) is 0 Å². The van der Waals surface area contributed by atoms with E-state index in [9.17, 15) is 8.78 Å². The molecule has 0 spiro atoms. The molecule has 0 aromatic heterocycles. The van der Waals surface area contributed by atoms with Gasteiger partial charge in [0.2, 0.25) is 0 Å². The van der Waals surface area contributed by atoms with Gasteiger partial charge >= 0.3 is 0 Å². The van der Waals surface area contributed by atoms with Crippen LogP contribution in [0.15, 0.2) is 18.2 Å². The standard InChI is InChI=1S/C14H20F2N2/c1-2-10-5-4-8-18(10)13(9-17)11-6-3-7-12(15)14(11)16/h3,6-7,10,13H,2,4-5,8-9,17H2,1H3. The zero-order valence-electron chi connectivity index (χ0n) is 10.7. The van der Waals surface area contributed by atoms with Gasteiger partial charge in [0.1, 0.15) is 0 Å². The van der Waals surface area contributed by atoms with E-state index in [1.54, 1.807) is 12.1 Å². The first-order valence-electron chi connectivity index (χ1n) is 6.58. The lowest BCUT2D eigenvalue weighted by Gasteiger charge is -2.32. The Balaban J connectivity index is 2.30. The molecule has 2 rings (SSSR count). The lowest BCUT2D eigenvalue weighted by molar-refractivity contribution is 0.176. The van der Waals surface area contributed by atoms with Gasteiger partial charge in [-0.25, -0.2) is 8.78 Å². The van der Waals surface area contributed by atoms with E-state index in [0.29, 0.717) is 18.2 Å². The first-order chi connectivity index (χ1) is 8.69. The summed E-state index contributed by atoms with van der Waals surface area (Å²) in [5.41, 5.74) is 6.18. The van der Waals surface area contributed by atoms with Crippen LogP contribution in [-0.2, 0) is 0 Å². The van der Waals surface area contributed by atoms with Crippen molar-refractivity contribution >= 4 is 0 Å². The fourth-order valence-corrected chi connectivity index (χ4v) is 2.93. The fourth-order valence-electron chi connectivity index (χ4n) is 2.93. The summed E-state index contributed by atoms with van der Waals surface area (Å²) in [6.45, 7) is 3.35. The molecule has 100 valence electrons. The molecule has 0 bridgehead atoms. The maximum Gasteiger partial charge on any atom is 0.163 e. The Bertz CT molecular complexity index is 409. The zero-order valence-corrected chi connectivity index (χ0v) is 10.7. The van der Waals surface area contributed by atoms with Crippen LogP contribution < -0.4 is 5.73 Å². The molecular weight excluding hydrogens is 234 g/mol. The number of hydrogen-bond donors (Lipinski definition) is 1. The SMILES string of the molecule is CCC1CCCN1C(CN)c1cccc(F)c1F. The molecule has 2 nitrogen and oxygen atoms in total. The lowest BCUT2D eigenvalue weighted by Crippen LogP contribution is -2.37. The van der Waals surface area contributed by atoms with Crippen LogP contribution in [0.25, 0.3) is 0 Å². The topological polar surface area (TPSA) is 29.3 Å². The zero-order chi connectivity index (χ0) is 13.1.